The molecule has 0 bridgehead atoms. The van der Waals surface area contributed by atoms with Crippen LogP contribution in [0.2, 0.25) is 0 Å². The van der Waals surface area contributed by atoms with E-state index in [0.29, 0.717) is 0 Å². The van der Waals surface area contributed by atoms with E-state index in [-0.39, 0.29) is 0 Å². The SMILES string of the molecule is c1ccc(-c2cc(-c3ccccc3)c3nc(-c4ccccc4)c(-c4ccccc4)nc3c2-c2ccccc2)cc1. The summed E-state index contributed by atoms with van der Waals surface area (Å²) in [4.78, 5) is 11.0. The highest BCUT2D eigenvalue weighted by Crippen LogP contribution is 2.43. The molecule has 0 aliphatic rings. The molecule has 0 fully saturated rings. The van der Waals surface area contributed by atoms with Crippen molar-refractivity contribution in [2.24, 2.45) is 0 Å². The number of benzene rings is 6. The van der Waals surface area contributed by atoms with Crippen molar-refractivity contribution in [2.45, 2.75) is 0 Å². The molecule has 0 amide bonds. The third kappa shape index (κ3) is 4.36. The molecule has 1 aromatic heterocycles. The summed E-state index contributed by atoms with van der Waals surface area (Å²) in [6.07, 6.45) is 0. The van der Waals surface area contributed by atoms with Crippen molar-refractivity contribution >= 4 is 11.0 Å². The lowest BCUT2D eigenvalue weighted by molar-refractivity contribution is 1.29. The Balaban J connectivity index is 1.68. The molecule has 2 nitrogen and oxygen atoms in total. The first-order valence-corrected chi connectivity index (χ1v) is 13.5. The van der Waals surface area contributed by atoms with E-state index >= 15 is 0 Å². The Hall–Kier alpha value is -5.34. The fraction of sp³-hybridized carbons (Fsp3) is 0. The van der Waals surface area contributed by atoms with E-state index in [4.69, 9.17) is 9.97 Å². The summed E-state index contributed by atoms with van der Waals surface area (Å²) in [6.45, 7) is 0. The molecule has 7 aromatic rings. The fourth-order valence-corrected chi connectivity index (χ4v) is 5.38. The van der Waals surface area contributed by atoms with E-state index in [1.54, 1.807) is 0 Å². The standard InChI is InChI=1S/C38H26N2/c1-6-16-27(17-7-1)32-26-33(28-18-8-2-9-19-28)37-38(34(32)29-20-10-3-11-21-29)40-36(31-24-14-5-15-25-31)35(39-37)30-22-12-4-13-23-30/h1-26H. The Morgan fingerprint density at radius 3 is 1.10 bits per heavy atom. The highest BCUT2D eigenvalue weighted by molar-refractivity contribution is 6.08. The molecule has 0 radical (unpaired) electrons. The molecule has 0 saturated carbocycles. The highest BCUT2D eigenvalue weighted by Gasteiger charge is 2.22. The van der Waals surface area contributed by atoms with Crippen LogP contribution in [0.15, 0.2) is 158 Å². The van der Waals surface area contributed by atoms with Gasteiger partial charge in [-0.15, -0.1) is 0 Å². The van der Waals surface area contributed by atoms with Crippen LogP contribution < -0.4 is 0 Å². The second-order valence-electron chi connectivity index (χ2n) is 9.79. The average molecular weight is 511 g/mol. The van der Waals surface area contributed by atoms with Crippen LogP contribution in [-0.4, -0.2) is 9.97 Å². The van der Waals surface area contributed by atoms with E-state index in [2.05, 4.69) is 146 Å². The van der Waals surface area contributed by atoms with Gasteiger partial charge in [0.2, 0.25) is 0 Å². The van der Waals surface area contributed by atoms with Gasteiger partial charge in [0.15, 0.2) is 0 Å². The van der Waals surface area contributed by atoms with E-state index < -0.39 is 0 Å². The number of aromatic nitrogens is 2. The van der Waals surface area contributed by atoms with E-state index in [9.17, 15) is 0 Å². The maximum atomic E-state index is 5.51. The van der Waals surface area contributed by atoms with Crippen molar-refractivity contribution in [1.82, 2.24) is 9.97 Å². The molecule has 1 heterocycles. The van der Waals surface area contributed by atoms with Crippen LogP contribution in [0.3, 0.4) is 0 Å². The molecule has 188 valence electrons. The molecule has 0 unspecified atom stereocenters. The molecule has 40 heavy (non-hydrogen) atoms. The third-order valence-corrected chi connectivity index (χ3v) is 7.27. The van der Waals surface area contributed by atoms with Crippen LogP contribution >= 0.6 is 0 Å². The summed E-state index contributed by atoms with van der Waals surface area (Å²) in [7, 11) is 0. The lowest BCUT2D eigenvalue weighted by Crippen LogP contribution is -2.00. The van der Waals surface area contributed by atoms with Crippen LogP contribution in [0.25, 0.3) is 66.9 Å². The van der Waals surface area contributed by atoms with E-state index in [1.165, 1.54) is 0 Å². The summed E-state index contributed by atoms with van der Waals surface area (Å²) >= 11 is 0. The van der Waals surface area contributed by atoms with Crippen molar-refractivity contribution in [3.63, 3.8) is 0 Å². The van der Waals surface area contributed by atoms with Gasteiger partial charge < -0.3 is 0 Å². The molecule has 2 heteroatoms. The quantitative estimate of drug-likeness (QED) is 0.230. The predicted octanol–water partition coefficient (Wildman–Crippen LogP) is 9.96. The minimum Gasteiger partial charge on any atom is -0.243 e. The second kappa shape index (κ2) is 10.4. The van der Waals surface area contributed by atoms with Gasteiger partial charge >= 0.3 is 0 Å². The summed E-state index contributed by atoms with van der Waals surface area (Å²) < 4.78 is 0. The monoisotopic (exact) mass is 510 g/mol. The van der Waals surface area contributed by atoms with Gasteiger partial charge in [0.1, 0.15) is 0 Å². The maximum absolute atomic E-state index is 5.51. The van der Waals surface area contributed by atoms with Crippen LogP contribution in [0.4, 0.5) is 0 Å². The highest BCUT2D eigenvalue weighted by atomic mass is 14.8. The first kappa shape index (κ1) is 23.8. The van der Waals surface area contributed by atoms with E-state index in [0.717, 1.165) is 66.9 Å². The van der Waals surface area contributed by atoms with Crippen molar-refractivity contribution in [1.29, 1.82) is 0 Å². The Kier molecular flexibility index (Phi) is 6.20. The van der Waals surface area contributed by atoms with Gasteiger partial charge in [0, 0.05) is 22.3 Å². The number of fused-ring (bicyclic) bond motifs is 1. The number of hydrogen-bond acceptors (Lipinski definition) is 2. The molecule has 0 spiro atoms. The minimum absolute atomic E-state index is 0.876. The largest absolute Gasteiger partial charge is 0.243 e. The Morgan fingerprint density at radius 1 is 0.300 bits per heavy atom. The summed E-state index contributed by atoms with van der Waals surface area (Å²) in [6, 6.07) is 54.7. The normalized spacial score (nSPS) is 11.0. The van der Waals surface area contributed by atoms with Gasteiger partial charge in [-0.25, -0.2) is 9.97 Å². The second-order valence-corrected chi connectivity index (χ2v) is 9.79. The van der Waals surface area contributed by atoms with Crippen molar-refractivity contribution in [2.75, 3.05) is 0 Å². The summed E-state index contributed by atoms with van der Waals surface area (Å²) in [5, 5.41) is 0. The number of hydrogen-bond donors (Lipinski definition) is 0. The maximum Gasteiger partial charge on any atom is 0.0985 e. The predicted molar refractivity (Wildman–Crippen MR) is 167 cm³/mol. The van der Waals surface area contributed by atoms with E-state index in [1.807, 2.05) is 12.1 Å². The van der Waals surface area contributed by atoms with Crippen molar-refractivity contribution < 1.29 is 0 Å². The molecular formula is C38H26N2. The molecular weight excluding hydrogens is 484 g/mol. The zero-order valence-corrected chi connectivity index (χ0v) is 21.9. The van der Waals surface area contributed by atoms with Crippen molar-refractivity contribution in [3.8, 4) is 55.9 Å². The molecule has 0 atom stereocenters. The van der Waals surface area contributed by atoms with Gasteiger partial charge in [0.25, 0.3) is 0 Å². The lowest BCUT2D eigenvalue weighted by atomic mass is 9.88. The fourth-order valence-electron chi connectivity index (χ4n) is 5.38. The number of nitrogens with zero attached hydrogens (tertiary/aromatic N) is 2. The Bertz CT molecular complexity index is 1900. The van der Waals surface area contributed by atoms with Crippen LogP contribution in [-0.2, 0) is 0 Å². The van der Waals surface area contributed by atoms with Crippen molar-refractivity contribution in [3.05, 3.63) is 158 Å². The molecule has 6 aromatic carbocycles. The van der Waals surface area contributed by atoms with Gasteiger partial charge in [0.05, 0.1) is 22.4 Å². The molecule has 0 saturated heterocycles. The van der Waals surface area contributed by atoms with Crippen LogP contribution in [0.1, 0.15) is 0 Å². The van der Waals surface area contributed by atoms with Crippen LogP contribution in [0.5, 0.6) is 0 Å². The van der Waals surface area contributed by atoms with Gasteiger partial charge in [-0.05, 0) is 28.3 Å². The lowest BCUT2D eigenvalue weighted by Gasteiger charge is -2.19. The smallest absolute Gasteiger partial charge is 0.0985 e. The van der Waals surface area contributed by atoms with Gasteiger partial charge in [-0.3, -0.25) is 0 Å². The Labute approximate surface area is 234 Å². The number of rotatable bonds is 5. The van der Waals surface area contributed by atoms with Gasteiger partial charge in [-0.2, -0.15) is 0 Å². The average Bonchev–Trinajstić information content (AvgIpc) is 3.05. The molecule has 0 aliphatic heterocycles. The topological polar surface area (TPSA) is 25.8 Å². The zero-order chi connectivity index (χ0) is 26.7. The molecule has 0 aliphatic carbocycles. The first-order valence-electron chi connectivity index (χ1n) is 13.5. The summed E-state index contributed by atoms with van der Waals surface area (Å²) in [5.74, 6) is 0. The molecule has 0 N–H and O–H groups in total. The van der Waals surface area contributed by atoms with Crippen LogP contribution in [0, 0.1) is 0 Å². The van der Waals surface area contributed by atoms with Gasteiger partial charge in [-0.1, -0.05) is 152 Å². The molecule has 7 rings (SSSR count). The zero-order valence-electron chi connectivity index (χ0n) is 21.9. The summed E-state index contributed by atoms with van der Waals surface area (Å²) in [5.41, 5.74) is 12.3. The minimum atomic E-state index is 0.876. The Morgan fingerprint density at radius 2 is 0.650 bits per heavy atom. The first-order chi connectivity index (χ1) is 19.9. The third-order valence-electron chi connectivity index (χ3n) is 7.27.